The molecule has 0 aliphatic heterocycles. The fraction of sp³-hybridized carbons (Fsp3) is 0.500. The predicted molar refractivity (Wildman–Crippen MR) is 99.4 cm³/mol. The van der Waals surface area contributed by atoms with Crippen LogP contribution in [0.5, 0.6) is 0 Å². The zero-order valence-electron chi connectivity index (χ0n) is 15.7. The summed E-state index contributed by atoms with van der Waals surface area (Å²) in [6, 6.07) is 8.32. The van der Waals surface area contributed by atoms with Crippen LogP contribution in [0.25, 0.3) is 10.9 Å². The van der Waals surface area contributed by atoms with Crippen molar-refractivity contribution in [2.45, 2.75) is 65.0 Å². The third-order valence-corrected chi connectivity index (χ3v) is 3.87. The number of benzene rings is 1. The van der Waals surface area contributed by atoms with E-state index in [9.17, 15) is 4.79 Å². The Labute approximate surface area is 149 Å². The van der Waals surface area contributed by atoms with Crippen LogP contribution in [0, 0.1) is 11.3 Å². The summed E-state index contributed by atoms with van der Waals surface area (Å²) in [4.78, 5) is 15.4. The van der Waals surface area contributed by atoms with Crippen LogP contribution < -0.4 is 5.32 Å². The van der Waals surface area contributed by atoms with Crippen molar-refractivity contribution in [2.75, 3.05) is 0 Å². The molecule has 1 heterocycles. The van der Waals surface area contributed by atoms with E-state index in [2.05, 4.69) is 22.4 Å². The van der Waals surface area contributed by atoms with E-state index >= 15 is 0 Å². The number of fused-ring (bicyclic) bond motifs is 1. The van der Waals surface area contributed by atoms with Gasteiger partial charge in [0.05, 0.1) is 6.07 Å². The summed E-state index contributed by atoms with van der Waals surface area (Å²) in [7, 11) is 0. The molecule has 2 N–H and O–H groups in total. The van der Waals surface area contributed by atoms with Crippen molar-refractivity contribution >= 4 is 17.0 Å². The molecule has 0 aliphatic rings. The van der Waals surface area contributed by atoms with Crippen LogP contribution in [0.3, 0.4) is 0 Å². The van der Waals surface area contributed by atoms with Crippen molar-refractivity contribution in [1.29, 1.82) is 5.26 Å². The number of nitrogens with one attached hydrogen (secondary N) is 2. The average Bonchev–Trinajstić information content (AvgIpc) is 2.85. The third-order valence-electron chi connectivity index (χ3n) is 3.87. The van der Waals surface area contributed by atoms with Gasteiger partial charge in [-0.3, -0.25) is 0 Å². The molecular weight excluding hydrogens is 314 g/mol. The SMILES string of the molecule is CC(C)(Cc1c[nH]c2c(CCC#N)cccc12)NC(=O)OC(C)(C)C. The lowest BCUT2D eigenvalue weighted by molar-refractivity contribution is 0.0472. The van der Waals surface area contributed by atoms with Crippen LogP contribution in [0.4, 0.5) is 4.79 Å². The lowest BCUT2D eigenvalue weighted by Crippen LogP contribution is -2.47. The van der Waals surface area contributed by atoms with Crippen LogP contribution in [-0.2, 0) is 17.6 Å². The van der Waals surface area contributed by atoms with Gasteiger partial charge in [-0.15, -0.1) is 0 Å². The second kappa shape index (κ2) is 7.18. The molecule has 0 spiro atoms. The van der Waals surface area contributed by atoms with E-state index in [1.54, 1.807) is 0 Å². The number of nitriles is 1. The second-order valence-corrected chi connectivity index (χ2v) is 8.00. The summed E-state index contributed by atoms with van der Waals surface area (Å²) in [5.41, 5.74) is 2.38. The number of aryl methyl sites for hydroxylation is 1. The number of ether oxygens (including phenoxy) is 1. The first-order valence-electron chi connectivity index (χ1n) is 8.57. The molecule has 25 heavy (non-hydrogen) atoms. The summed E-state index contributed by atoms with van der Waals surface area (Å²) in [6.45, 7) is 9.51. The Bertz CT molecular complexity index is 791. The molecule has 0 atom stereocenters. The number of H-pyrrole nitrogens is 1. The van der Waals surface area contributed by atoms with E-state index in [4.69, 9.17) is 10.00 Å². The van der Waals surface area contributed by atoms with Crippen molar-refractivity contribution in [2.24, 2.45) is 0 Å². The zero-order valence-corrected chi connectivity index (χ0v) is 15.7. The molecule has 0 radical (unpaired) electrons. The molecule has 2 rings (SSSR count). The number of aromatic nitrogens is 1. The highest BCUT2D eigenvalue weighted by atomic mass is 16.6. The van der Waals surface area contributed by atoms with Crippen LogP contribution in [0.1, 0.15) is 52.2 Å². The van der Waals surface area contributed by atoms with Gasteiger partial charge in [0.2, 0.25) is 0 Å². The van der Waals surface area contributed by atoms with Gasteiger partial charge in [0.1, 0.15) is 5.60 Å². The first-order valence-corrected chi connectivity index (χ1v) is 8.57. The normalized spacial score (nSPS) is 12.0. The maximum absolute atomic E-state index is 12.1. The van der Waals surface area contributed by atoms with Gasteiger partial charge in [0.15, 0.2) is 0 Å². The van der Waals surface area contributed by atoms with Crippen LogP contribution in [0.15, 0.2) is 24.4 Å². The molecule has 0 fully saturated rings. The lowest BCUT2D eigenvalue weighted by Gasteiger charge is -2.28. The minimum Gasteiger partial charge on any atom is -0.444 e. The first kappa shape index (κ1) is 18.9. The summed E-state index contributed by atoms with van der Waals surface area (Å²) in [5.74, 6) is 0. The van der Waals surface area contributed by atoms with E-state index in [0.717, 1.165) is 28.5 Å². The molecule has 0 unspecified atom stereocenters. The van der Waals surface area contributed by atoms with Gasteiger partial charge in [-0.1, -0.05) is 18.2 Å². The Hall–Kier alpha value is -2.48. The van der Waals surface area contributed by atoms with Gasteiger partial charge in [-0.25, -0.2) is 4.79 Å². The van der Waals surface area contributed by atoms with Crippen molar-refractivity contribution in [1.82, 2.24) is 10.3 Å². The van der Waals surface area contributed by atoms with Gasteiger partial charge >= 0.3 is 6.09 Å². The number of amides is 1. The third kappa shape index (κ3) is 5.25. The molecular formula is C20H27N3O2. The van der Waals surface area contributed by atoms with Crippen molar-refractivity contribution in [3.8, 4) is 6.07 Å². The van der Waals surface area contributed by atoms with E-state index < -0.39 is 17.2 Å². The number of rotatable bonds is 5. The smallest absolute Gasteiger partial charge is 0.408 e. The number of nitrogens with zero attached hydrogens (tertiary/aromatic N) is 1. The van der Waals surface area contributed by atoms with Crippen molar-refractivity contribution in [3.05, 3.63) is 35.5 Å². The van der Waals surface area contributed by atoms with Gasteiger partial charge in [0, 0.05) is 29.1 Å². The Morgan fingerprint density at radius 2 is 1.96 bits per heavy atom. The van der Waals surface area contributed by atoms with Crippen molar-refractivity contribution in [3.63, 3.8) is 0 Å². The monoisotopic (exact) mass is 341 g/mol. The predicted octanol–water partition coefficient (Wildman–Crippen LogP) is 4.47. The van der Waals surface area contributed by atoms with Gasteiger partial charge < -0.3 is 15.0 Å². The topological polar surface area (TPSA) is 77.9 Å². The number of hydrogen-bond donors (Lipinski definition) is 2. The molecule has 5 nitrogen and oxygen atoms in total. The number of carbonyl (C=O) groups excluding carboxylic acids is 1. The molecule has 0 aliphatic carbocycles. The Balaban J connectivity index is 2.16. The lowest BCUT2D eigenvalue weighted by atomic mass is 9.94. The van der Waals surface area contributed by atoms with Crippen molar-refractivity contribution < 1.29 is 9.53 Å². The standard InChI is InChI=1S/C20H27N3O2/c1-19(2,3)25-18(24)23-20(4,5)12-15-13-22-17-14(9-7-11-21)8-6-10-16(15)17/h6,8,10,13,22H,7,9,12H2,1-5H3,(H,23,24). The highest BCUT2D eigenvalue weighted by molar-refractivity contribution is 5.86. The van der Waals surface area contributed by atoms with Crippen LogP contribution in [-0.4, -0.2) is 22.2 Å². The summed E-state index contributed by atoms with van der Waals surface area (Å²) >= 11 is 0. The Kier molecular flexibility index (Phi) is 5.42. The molecule has 0 bridgehead atoms. The second-order valence-electron chi connectivity index (χ2n) is 8.00. The first-order chi connectivity index (χ1) is 11.6. The summed E-state index contributed by atoms with van der Waals surface area (Å²) < 4.78 is 5.36. The molecule has 1 aromatic carbocycles. The fourth-order valence-corrected chi connectivity index (χ4v) is 2.92. The van der Waals surface area contributed by atoms with Gasteiger partial charge in [0.25, 0.3) is 0 Å². The largest absolute Gasteiger partial charge is 0.444 e. The molecule has 0 saturated heterocycles. The average molecular weight is 341 g/mol. The number of hydrogen-bond acceptors (Lipinski definition) is 3. The van der Waals surface area contributed by atoms with Gasteiger partial charge in [-0.2, -0.15) is 5.26 Å². The summed E-state index contributed by atoms with van der Waals surface area (Å²) in [5, 5.41) is 12.9. The van der Waals surface area contributed by atoms with E-state index in [1.807, 2.05) is 52.9 Å². The molecule has 5 heteroatoms. The fourth-order valence-electron chi connectivity index (χ4n) is 2.92. The minimum atomic E-state index is -0.517. The number of para-hydroxylation sites is 1. The number of aromatic amines is 1. The summed E-state index contributed by atoms with van der Waals surface area (Å²) in [6.07, 6.45) is 3.48. The molecule has 1 aromatic heterocycles. The zero-order chi connectivity index (χ0) is 18.7. The maximum Gasteiger partial charge on any atom is 0.408 e. The number of alkyl carbamates (subject to hydrolysis) is 1. The van der Waals surface area contributed by atoms with E-state index in [-0.39, 0.29) is 0 Å². The van der Waals surface area contributed by atoms with Crippen LogP contribution >= 0.6 is 0 Å². The maximum atomic E-state index is 12.1. The molecule has 134 valence electrons. The highest BCUT2D eigenvalue weighted by Crippen LogP contribution is 2.26. The molecule has 1 amide bonds. The quantitative estimate of drug-likeness (QED) is 0.842. The van der Waals surface area contributed by atoms with E-state index in [1.165, 1.54) is 0 Å². The highest BCUT2D eigenvalue weighted by Gasteiger charge is 2.26. The minimum absolute atomic E-state index is 0.410. The Morgan fingerprint density at radius 1 is 1.24 bits per heavy atom. The molecule has 0 saturated carbocycles. The number of carbonyl (C=O) groups is 1. The Morgan fingerprint density at radius 3 is 2.60 bits per heavy atom. The van der Waals surface area contributed by atoms with E-state index in [0.29, 0.717) is 12.8 Å². The van der Waals surface area contributed by atoms with Gasteiger partial charge in [-0.05, 0) is 58.6 Å². The van der Waals surface area contributed by atoms with Crippen LogP contribution in [0.2, 0.25) is 0 Å². The molecule has 2 aromatic rings.